The molecule has 1 amide bonds. The molecule has 2 aromatic rings. The Morgan fingerprint density at radius 2 is 1.68 bits per heavy atom. The first-order chi connectivity index (χ1) is 14.6. The van der Waals surface area contributed by atoms with Crippen LogP contribution < -0.4 is 20.3 Å². The Hall–Kier alpha value is -3.04. The summed E-state index contributed by atoms with van der Waals surface area (Å²) in [5.74, 6) is 1.65. The minimum Gasteiger partial charge on any atom is -0.406 e. The number of carbonyl (C=O) groups excluding carboxylic acids is 1. The standard InChI is InChI=1S/C21H26F3N5O2/c1-13-25-18(12-19(26-13)29(2)3)27-15-6-8-16(9-7-15)28-20(30)14-4-10-17(11-5-14)31-21(22,23)24/h4-5,10-12,15-16H,6-9H2,1-3H3,(H,28,30)(H,25,26,27). The van der Waals surface area contributed by atoms with Crippen molar-refractivity contribution in [2.45, 2.75) is 51.1 Å². The van der Waals surface area contributed by atoms with Gasteiger partial charge < -0.3 is 20.3 Å². The van der Waals surface area contributed by atoms with Crippen LogP contribution in [-0.4, -0.2) is 48.4 Å². The molecule has 0 atom stereocenters. The summed E-state index contributed by atoms with van der Waals surface area (Å²) in [6.07, 6.45) is -1.44. The lowest BCUT2D eigenvalue weighted by Gasteiger charge is -2.30. The molecule has 168 valence electrons. The largest absolute Gasteiger partial charge is 0.573 e. The van der Waals surface area contributed by atoms with E-state index >= 15 is 0 Å². The highest BCUT2D eigenvalue weighted by molar-refractivity contribution is 5.94. The molecular weight excluding hydrogens is 411 g/mol. The predicted octanol–water partition coefficient (Wildman–Crippen LogP) is 3.90. The van der Waals surface area contributed by atoms with Crippen molar-refractivity contribution in [1.82, 2.24) is 15.3 Å². The minimum absolute atomic E-state index is 0.0149. The molecule has 0 bridgehead atoms. The summed E-state index contributed by atoms with van der Waals surface area (Å²) in [5.41, 5.74) is 0.294. The predicted molar refractivity (Wildman–Crippen MR) is 111 cm³/mol. The van der Waals surface area contributed by atoms with Gasteiger partial charge in [0, 0.05) is 37.8 Å². The van der Waals surface area contributed by atoms with E-state index in [2.05, 4.69) is 25.3 Å². The molecular formula is C21H26F3N5O2. The summed E-state index contributed by atoms with van der Waals surface area (Å²) >= 11 is 0. The van der Waals surface area contributed by atoms with E-state index in [4.69, 9.17) is 0 Å². The van der Waals surface area contributed by atoms with Crippen LogP contribution in [0.15, 0.2) is 30.3 Å². The van der Waals surface area contributed by atoms with Crippen molar-refractivity contribution in [3.8, 4) is 5.75 Å². The minimum atomic E-state index is -4.76. The van der Waals surface area contributed by atoms with Crippen LogP contribution >= 0.6 is 0 Å². The average molecular weight is 437 g/mol. The van der Waals surface area contributed by atoms with Gasteiger partial charge in [-0.2, -0.15) is 0 Å². The number of rotatable bonds is 6. The van der Waals surface area contributed by atoms with Gasteiger partial charge in [-0.15, -0.1) is 13.2 Å². The zero-order valence-corrected chi connectivity index (χ0v) is 17.7. The van der Waals surface area contributed by atoms with Gasteiger partial charge in [-0.25, -0.2) is 9.97 Å². The van der Waals surface area contributed by atoms with Crippen LogP contribution in [0, 0.1) is 6.92 Å². The summed E-state index contributed by atoms with van der Waals surface area (Å²) < 4.78 is 40.5. The van der Waals surface area contributed by atoms with Gasteiger partial charge in [-0.1, -0.05) is 0 Å². The van der Waals surface area contributed by atoms with Crippen molar-refractivity contribution in [2.75, 3.05) is 24.3 Å². The van der Waals surface area contributed by atoms with Crippen molar-refractivity contribution in [3.05, 3.63) is 41.7 Å². The summed E-state index contributed by atoms with van der Waals surface area (Å²) in [6.45, 7) is 1.85. The van der Waals surface area contributed by atoms with Crippen molar-refractivity contribution in [3.63, 3.8) is 0 Å². The molecule has 1 saturated carbocycles. The van der Waals surface area contributed by atoms with E-state index < -0.39 is 6.36 Å². The molecule has 1 heterocycles. The van der Waals surface area contributed by atoms with Crippen LogP contribution in [0.3, 0.4) is 0 Å². The molecule has 1 aromatic heterocycles. The van der Waals surface area contributed by atoms with Crippen molar-refractivity contribution in [1.29, 1.82) is 0 Å². The number of nitrogens with zero attached hydrogens (tertiary/aromatic N) is 3. The normalized spacial score (nSPS) is 18.9. The fraction of sp³-hybridized carbons (Fsp3) is 0.476. The van der Waals surface area contributed by atoms with E-state index in [1.165, 1.54) is 12.1 Å². The molecule has 1 aromatic carbocycles. The molecule has 10 heteroatoms. The van der Waals surface area contributed by atoms with E-state index in [0.29, 0.717) is 11.4 Å². The molecule has 3 rings (SSSR count). The molecule has 0 aliphatic heterocycles. The number of aryl methyl sites for hydroxylation is 1. The van der Waals surface area contributed by atoms with Crippen LogP contribution in [-0.2, 0) is 0 Å². The molecule has 1 aliphatic rings. The first kappa shape index (κ1) is 22.6. The zero-order chi connectivity index (χ0) is 22.6. The van der Waals surface area contributed by atoms with Gasteiger partial charge in [0.2, 0.25) is 0 Å². The number of alkyl halides is 3. The molecule has 31 heavy (non-hydrogen) atoms. The van der Waals surface area contributed by atoms with E-state index in [9.17, 15) is 18.0 Å². The molecule has 1 aliphatic carbocycles. The van der Waals surface area contributed by atoms with Gasteiger partial charge in [-0.05, 0) is 56.9 Å². The second-order valence-corrected chi connectivity index (χ2v) is 7.79. The van der Waals surface area contributed by atoms with Gasteiger partial charge in [0.05, 0.1) is 0 Å². The molecule has 2 N–H and O–H groups in total. The van der Waals surface area contributed by atoms with Gasteiger partial charge >= 0.3 is 6.36 Å². The van der Waals surface area contributed by atoms with Crippen LogP contribution in [0.5, 0.6) is 5.75 Å². The molecule has 0 spiro atoms. The quantitative estimate of drug-likeness (QED) is 0.714. The van der Waals surface area contributed by atoms with Crippen LogP contribution in [0.4, 0.5) is 24.8 Å². The maximum Gasteiger partial charge on any atom is 0.573 e. The zero-order valence-electron chi connectivity index (χ0n) is 17.7. The second kappa shape index (κ2) is 9.40. The average Bonchev–Trinajstić information content (AvgIpc) is 2.68. The highest BCUT2D eigenvalue weighted by Gasteiger charge is 2.31. The number of nitrogens with one attached hydrogen (secondary N) is 2. The Morgan fingerprint density at radius 3 is 2.26 bits per heavy atom. The van der Waals surface area contributed by atoms with E-state index in [1.807, 2.05) is 32.0 Å². The Balaban J connectivity index is 1.49. The van der Waals surface area contributed by atoms with Crippen molar-refractivity contribution in [2.24, 2.45) is 0 Å². The molecule has 0 unspecified atom stereocenters. The summed E-state index contributed by atoms with van der Waals surface area (Å²) in [5, 5.41) is 6.41. The van der Waals surface area contributed by atoms with Crippen LogP contribution in [0.2, 0.25) is 0 Å². The third kappa shape index (κ3) is 6.73. The molecule has 1 fully saturated rings. The number of amides is 1. The number of hydrogen-bond donors (Lipinski definition) is 2. The Labute approximate surface area is 179 Å². The van der Waals surface area contributed by atoms with Gasteiger partial charge in [-0.3, -0.25) is 4.79 Å². The summed E-state index contributed by atoms with van der Waals surface area (Å²) in [7, 11) is 3.85. The van der Waals surface area contributed by atoms with Gasteiger partial charge in [0.1, 0.15) is 23.2 Å². The van der Waals surface area contributed by atoms with Crippen LogP contribution in [0.25, 0.3) is 0 Å². The SMILES string of the molecule is Cc1nc(NC2CCC(NC(=O)c3ccc(OC(F)(F)F)cc3)CC2)cc(N(C)C)n1. The smallest absolute Gasteiger partial charge is 0.406 e. The Bertz CT molecular complexity index is 895. The number of ether oxygens (including phenoxy) is 1. The van der Waals surface area contributed by atoms with Gasteiger partial charge in [0.25, 0.3) is 5.91 Å². The van der Waals surface area contributed by atoms with E-state index in [0.717, 1.165) is 49.5 Å². The highest BCUT2D eigenvalue weighted by atomic mass is 19.4. The maximum absolute atomic E-state index is 12.4. The van der Waals surface area contributed by atoms with E-state index in [-0.39, 0.29) is 23.7 Å². The van der Waals surface area contributed by atoms with Crippen LogP contribution in [0.1, 0.15) is 41.9 Å². The highest BCUT2D eigenvalue weighted by Crippen LogP contribution is 2.25. The fourth-order valence-electron chi connectivity index (χ4n) is 3.52. The Morgan fingerprint density at radius 1 is 1.06 bits per heavy atom. The molecule has 7 nitrogen and oxygen atoms in total. The molecule has 0 radical (unpaired) electrons. The van der Waals surface area contributed by atoms with Gasteiger partial charge in [0.15, 0.2) is 0 Å². The fourth-order valence-corrected chi connectivity index (χ4v) is 3.52. The maximum atomic E-state index is 12.4. The van der Waals surface area contributed by atoms with E-state index in [1.54, 1.807) is 0 Å². The summed E-state index contributed by atoms with van der Waals surface area (Å²) in [6, 6.07) is 7.08. The number of anilines is 2. The number of aromatic nitrogens is 2. The Kier molecular flexibility index (Phi) is 6.87. The summed E-state index contributed by atoms with van der Waals surface area (Å²) in [4.78, 5) is 23.2. The molecule has 0 saturated heterocycles. The topological polar surface area (TPSA) is 79.4 Å². The van der Waals surface area contributed by atoms with Crippen molar-refractivity contribution < 1.29 is 22.7 Å². The first-order valence-electron chi connectivity index (χ1n) is 10.1. The lowest BCUT2D eigenvalue weighted by molar-refractivity contribution is -0.274. The third-order valence-electron chi connectivity index (χ3n) is 5.05. The number of hydrogen-bond acceptors (Lipinski definition) is 6. The van der Waals surface area contributed by atoms with Crippen molar-refractivity contribution >= 4 is 17.5 Å². The number of halogens is 3. The first-order valence-corrected chi connectivity index (χ1v) is 10.1. The number of carbonyl (C=O) groups is 1. The monoisotopic (exact) mass is 437 g/mol. The number of benzene rings is 1. The third-order valence-corrected chi connectivity index (χ3v) is 5.05. The lowest BCUT2D eigenvalue weighted by Crippen LogP contribution is -2.40. The second-order valence-electron chi connectivity index (χ2n) is 7.79. The lowest BCUT2D eigenvalue weighted by atomic mass is 9.91.